The minimum absolute atomic E-state index is 0.0808. The fourth-order valence-electron chi connectivity index (χ4n) is 2.37. The first kappa shape index (κ1) is 15.5. The maximum Gasteiger partial charge on any atom is 0.255 e. The van der Waals surface area contributed by atoms with E-state index in [9.17, 15) is 4.79 Å². The summed E-state index contributed by atoms with van der Waals surface area (Å²) in [6, 6.07) is 14.2. The van der Waals surface area contributed by atoms with Gasteiger partial charge in [0, 0.05) is 12.2 Å². The summed E-state index contributed by atoms with van der Waals surface area (Å²) in [5, 5.41) is 9.59. The lowest BCUT2D eigenvalue weighted by Gasteiger charge is -2.07. The second kappa shape index (κ2) is 6.79. The standard InChI is InChI=1S/C18H19N3OS/c1-13(2)19-18(22)15-12-21(11-14-7-4-3-5-8-14)20-17(15)16-9-6-10-23-16/h3-10,12-13H,11H2,1-2H3,(H,19,22). The molecule has 0 fully saturated rings. The highest BCUT2D eigenvalue weighted by Gasteiger charge is 2.19. The fraction of sp³-hybridized carbons (Fsp3) is 0.222. The average molecular weight is 325 g/mol. The van der Waals surface area contributed by atoms with E-state index in [1.807, 2.05) is 60.4 Å². The van der Waals surface area contributed by atoms with Gasteiger partial charge in [-0.05, 0) is 30.9 Å². The van der Waals surface area contributed by atoms with Gasteiger partial charge in [0.1, 0.15) is 5.69 Å². The van der Waals surface area contributed by atoms with Crippen LogP contribution in [0.3, 0.4) is 0 Å². The summed E-state index contributed by atoms with van der Waals surface area (Å²) in [5.41, 5.74) is 2.52. The number of hydrogen-bond acceptors (Lipinski definition) is 3. The predicted octanol–water partition coefficient (Wildman–Crippen LogP) is 3.80. The molecule has 0 saturated carbocycles. The molecule has 2 heterocycles. The molecule has 1 amide bonds. The summed E-state index contributed by atoms with van der Waals surface area (Å²) >= 11 is 1.59. The van der Waals surface area contributed by atoms with Crippen LogP contribution in [-0.2, 0) is 6.54 Å². The molecule has 0 aliphatic carbocycles. The monoisotopic (exact) mass is 325 g/mol. The predicted molar refractivity (Wildman–Crippen MR) is 93.7 cm³/mol. The van der Waals surface area contributed by atoms with Crippen LogP contribution in [0, 0.1) is 0 Å². The van der Waals surface area contributed by atoms with Crippen LogP contribution in [0.1, 0.15) is 29.8 Å². The molecule has 3 aromatic rings. The number of hydrogen-bond donors (Lipinski definition) is 1. The molecule has 2 aromatic heterocycles. The van der Waals surface area contributed by atoms with Crippen molar-refractivity contribution in [2.75, 3.05) is 0 Å². The van der Waals surface area contributed by atoms with E-state index in [-0.39, 0.29) is 11.9 Å². The molecule has 0 aliphatic heterocycles. The van der Waals surface area contributed by atoms with Crippen LogP contribution in [0.5, 0.6) is 0 Å². The molecule has 0 radical (unpaired) electrons. The Morgan fingerprint density at radius 1 is 1.22 bits per heavy atom. The number of benzene rings is 1. The van der Waals surface area contributed by atoms with E-state index >= 15 is 0 Å². The highest BCUT2D eigenvalue weighted by atomic mass is 32.1. The molecule has 3 rings (SSSR count). The number of thiophene rings is 1. The van der Waals surface area contributed by atoms with Gasteiger partial charge in [-0.3, -0.25) is 9.48 Å². The molecule has 0 bridgehead atoms. The van der Waals surface area contributed by atoms with Crippen molar-refractivity contribution in [3.8, 4) is 10.6 Å². The molecular formula is C18H19N3OS. The highest BCUT2D eigenvalue weighted by molar-refractivity contribution is 7.13. The van der Waals surface area contributed by atoms with E-state index in [1.54, 1.807) is 11.3 Å². The van der Waals surface area contributed by atoms with Gasteiger partial charge in [0.15, 0.2) is 0 Å². The number of rotatable bonds is 5. The first-order valence-electron chi connectivity index (χ1n) is 7.59. The Morgan fingerprint density at radius 2 is 2.00 bits per heavy atom. The van der Waals surface area contributed by atoms with Crippen molar-refractivity contribution in [2.45, 2.75) is 26.4 Å². The van der Waals surface area contributed by atoms with Gasteiger partial charge in [-0.2, -0.15) is 5.10 Å². The lowest BCUT2D eigenvalue weighted by Crippen LogP contribution is -2.30. The summed E-state index contributed by atoms with van der Waals surface area (Å²) in [6.07, 6.45) is 1.83. The zero-order valence-corrected chi connectivity index (χ0v) is 14.0. The second-order valence-corrected chi connectivity index (χ2v) is 6.63. The molecule has 0 atom stereocenters. The number of aromatic nitrogens is 2. The molecule has 4 nitrogen and oxygen atoms in total. The Kier molecular flexibility index (Phi) is 4.57. The lowest BCUT2D eigenvalue weighted by atomic mass is 10.2. The van der Waals surface area contributed by atoms with Gasteiger partial charge in [0.05, 0.1) is 17.0 Å². The number of nitrogens with one attached hydrogen (secondary N) is 1. The van der Waals surface area contributed by atoms with Crippen LogP contribution in [0.2, 0.25) is 0 Å². The molecule has 1 aromatic carbocycles. The van der Waals surface area contributed by atoms with Crippen LogP contribution in [0.15, 0.2) is 54.0 Å². The van der Waals surface area contributed by atoms with E-state index in [0.717, 1.165) is 16.1 Å². The minimum atomic E-state index is -0.0808. The van der Waals surface area contributed by atoms with Crippen molar-refractivity contribution >= 4 is 17.2 Å². The Balaban J connectivity index is 1.95. The van der Waals surface area contributed by atoms with Gasteiger partial charge >= 0.3 is 0 Å². The minimum Gasteiger partial charge on any atom is -0.350 e. The third-order valence-electron chi connectivity index (χ3n) is 3.37. The number of carbonyl (C=O) groups excluding carboxylic acids is 1. The quantitative estimate of drug-likeness (QED) is 0.775. The molecule has 0 spiro atoms. The van der Waals surface area contributed by atoms with Crippen LogP contribution in [-0.4, -0.2) is 21.7 Å². The first-order valence-corrected chi connectivity index (χ1v) is 8.47. The van der Waals surface area contributed by atoms with E-state index in [4.69, 9.17) is 0 Å². The van der Waals surface area contributed by atoms with E-state index < -0.39 is 0 Å². The molecular weight excluding hydrogens is 306 g/mol. The molecule has 0 aliphatic rings. The van der Waals surface area contributed by atoms with Crippen LogP contribution in [0.25, 0.3) is 10.6 Å². The number of amides is 1. The van der Waals surface area contributed by atoms with Gasteiger partial charge in [0.25, 0.3) is 5.91 Å². The van der Waals surface area contributed by atoms with Crippen molar-refractivity contribution in [3.05, 3.63) is 65.2 Å². The van der Waals surface area contributed by atoms with Crippen molar-refractivity contribution < 1.29 is 4.79 Å². The molecule has 23 heavy (non-hydrogen) atoms. The highest BCUT2D eigenvalue weighted by Crippen LogP contribution is 2.27. The average Bonchev–Trinajstić information content (AvgIpc) is 3.16. The first-order chi connectivity index (χ1) is 11.1. The zero-order valence-electron chi connectivity index (χ0n) is 13.2. The Bertz CT molecular complexity index is 776. The van der Waals surface area contributed by atoms with Gasteiger partial charge in [0.2, 0.25) is 0 Å². The summed E-state index contributed by atoms with van der Waals surface area (Å²) in [7, 11) is 0. The third-order valence-corrected chi connectivity index (χ3v) is 4.24. The SMILES string of the molecule is CC(C)NC(=O)c1cn(Cc2ccccc2)nc1-c1cccs1. The largest absolute Gasteiger partial charge is 0.350 e. The maximum atomic E-state index is 12.5. The van der Waals surface area contributed by atoms with Crippen LogP contribution < -0.4 is 5.32 Å². The normalized spacial score (nSPS) is 10.9. The van der Waals surface area contributed by atoms with Crippen LogP contribution in [0.4, 0.5) is 0 Å². The lowest BCUT2D eigenvalue weighted by molar-refractivity contribution is 0.0943. The number of nitrogens with zero attached hydrogens (tertiary/aromatic N) is 2. The van der Waals surface area contributed by atoms with Gasteiger partial charge < -0.3 is 5.32 Å². The summed E-state index contributed by atoms with van der Waals surface area (Å²) in [6.45, 7) is 4.56. The van der Waals surface area contributed by atoms with E-state index in [2.05, 4.69) is 22.5 Å². The summed E-state index contributed by atoms with van der Waals surface area (Å²) in [5.74, 6) is -0.0808. The van der Waals surface area contributed by atoms with E-state index in [0.29, 0.717) is 12.1 Å². The van der Waals surface area contributed by atoms with E-state index in [1.165, 1.54) is 0 Å². The van der Waals surface area contributed by atoms with Gasteiger partial charge in [-0.15, -0.1) is 11.3 Å². The van der Waals surface area contributed by atoms with Gasteiger partial charge in [-0.1, -0.05) is 36.4 Å². The summed E-state index contributed by atoms with van der Waals surface area (Å²) < 4.78 is 1.83. The smallest absolute Gasteiger partial charge is 0.255 e. The molecule has 0 unspecified atom stereocenters. The number of carbonyl (C=O) groups is 1. The van der Waals surface area contributed by atoms with Crippen molar-refractivity contribution in [1.29, 1.82) is 0 Å². The molecule has 118 valence electrons. The van der Waals surface area contributed by atoms with Crippen LogP contribution >= 0.6 is 11.3 Å². The fourth-order valence-corrected chi connectivity index (χ4v) is 3.10. The maximum absolute atomic E-state index is 12.5. The topological polar surface area (TPSA) is 46.9 Å². The Hall–Kier alpha value is -2.40. The Labute approximate surface area is 139 Å². The molecule has 1 N–H and O–H groups in total. The van der Waals surface area contributed by atoms with Crippen molar-refractivity contribution in [3.63, 3.8) is 0 Å². The third kappa shape index (κ3) is 3.68. The Morgan fingerprint density at radius 3 is 2.65 bits per heavy atom. The van der Waals surface area contributed by atoms with Crippen molar-refractivity contribution in [1.82, 2.24) is 15.1 Å². The molecule has 0 saturated heterocycles. The zero-order chi connectivity index (χ0) is 16.2. The second-order valence-electron chi connectivity index (χ2n) is 5.68. The summed E-state index contributed by atoms with van der Waals surface area (Å²) in [4.78, 5) is 13.5. The van der Waals surface area contributed by atoms with Gasteiger partial charge in [-0.25, -0.2) is 0 Å². The molecule has 5 heteroatoms. The van der Waals surface area contributed by atoms with Crippen molar-refractivity contribution in [2.24, 2.45) is 0 Å².